The number of amides is 1. The first-order chi connectivity index (χ1) is 15.6. The van der Waals surface area contributed by atoms with E-state index < -0.39 is 6.04 Å². The molecule has 1 aliphatic rings. The van der Waals surface area contributed by atoms with Crippen LogP contribution in [0.25, 0.3) is 11.0 Å². The smallest absolute Gasteiger partial charge is 0.296 e. The van der Waals surface area contributed by atoms with E-state index in [-0.39, 0.29) is 17.1 Å². The number of nitrogens with zero attached hydrogens (tertiary/aromatic N) is 2. The molecule has 0 radical (unpaired) electrons. The van der Waals surface area contributed by atoms with E-state index >= 15 is 0 Å². The molecule has 2 aromatic carbocycles. The van der Waals surface area contributed by atoms with Crippen LogP contribution in [0.1, 0.15) is 46.6 Å². The molecule has 6 heteroatoms. The summed E-state index contributed by atoms with van der Waals surface area (Å²) >= 11 is 0. The molecule has 0 unspecified atom stereocenters. The van der Waals surface area contributed by atoms with Gasteiger partial charge < -0.3 is 9.15 Å². The van der Waals surface area contributed by atoms with Crippen LogP contribution in [0.2, 0.25) is 0 Å². The lowest BCUT2D eigenvalue weighted by molar-refractivity contribution is 0.0970. The highest BCUT2D eigenvalue weighted by Crippen LogP contribution is 2.41. The van der Waals surface area contributed by atoms with Crippen molar-refractivity contribution >= 4 is 22.7 Å². The molecule has 6 nitrogen and oxygen atoms in total. The number of benzene rings is 2. The Labute approximate surface area is 185 Å². The summed E-state index contributed by atoms with van der Waals surface area (Å²) in [5.74, 6) is 0.811. The summed E-state index contributed by atoms with van der Waals surface area (Å²) in [6.07, 6.45) is 2.50. The second-order valence-corrected chi connectivity index (χ2v) is 7.86. The molecule has 32 heavy (non-hydrogen) atoms. The average Bonchev–Trinajstić information content (AvgIpc) is 3.11. The van der Waals surface area contributed by atoms with E-state index in [1.54, 1.807) is 30.5 Å². The van der Waals surface area contributed by atoms with Crippen LogP contribution in [0.3, 0.4) is 0 Å². The Hall–Kier alpha value is -3.93. The Bertz CT molecular complexity index is 1380. The maximum Gasteiger partial charge on any atom is 0.296 e. The first-order valence-corrected chi connectivity index (χ1v) is 10.6. The van der Waals surface area contributed by atoms with E-state index in [1.807, 2.05) is 50.2 Å². The van der Waals surface area contributed by atoms with Gasteiger partial charge in [0, 0.05) is 6.20 Å². The van der Waals surface area contributed by atoms with Gasteiger partial charge in [0.15, 0.2) is 5.43 Å². The van der Waals surface area contributed by atoms with Crippen LogP contribution >= 0.6 is 0 Å². The van der Waals surface area contributed by atoms with Gasteiger partial charge in [0.1, 0.15) is 17.2 Å². The minimum absolute atomic E-state index is 0.0573. The predicted octanol–water partition coefficient (Wildman–Crippen LogP) is 5.04. The maximum absolute atomic E-state index is 13.6. The number of fused-ring (bicyclic) bond motifs is 2. The van der Waals surface area contributed by atoms with E-state index in [9.17, 15) is 9.59 Å². The molecule has 1 amide bonds. The Kier molecular flexibility index (Phi) is 4.98. The highest BCUT2D eigenvalue weighted by atomic mass is 16.5. The summed E-state index contributed by atoms with van der Waals surface area (Å²) in [6, 6.07) is 17.6. The summed E-state index contributed by atoms with van der Waals surface area (Å²) < 4.78 is 11.8. The molecule has 0 bridgehead atoms. The van der Waals surface area contributed by atoms with Gasteiger partial charge >= 0.3 is 0 Å². The quantitative estimate of drug-likeness (QED) is 0.447. The number of anilines is 1. The van der Waals surface area contributed by atoms with Crippen LogP contribution in [0.15, 0.2) is 76.1 Å². The zero-order chi connectivity index (χ0) is 22.2. The van der Waals surface area contributed by atoms with Gasteiger partial charge in [-0.3, -0.25) is 14.5 Å². The van der Waals surface area contributed by atoms with Crippen molar-refractivity contribution in [3.05, 3.63) is 99.5 Å². The zero-order valence-corrected chi connectivity index (χ0v) is 17.9. The Morgan fingerprint density at radius 3 is 2.72 bits per heavy atom. The van der Waals surface area contributed by atoms with Crippen molar-refractivity contribution in [2.45, 2.75) is 26.3 Å². The van der Waals surface area contributed by atoms with E-state index in [2.05, 4.69) is 4.98 Å². The molecule has 5 rings (SSSR count). The minimum atomic E-state index is -0.668. The van der Waals surface area contributed by atoms with Crippen molar-refractivity contribution in [3.8, 4) is 5.75 Å². The highest BCUT2D eigenvalue weighted by molar-refractivity contribution is 6.10. The van der Waals surface area contributed by atoms with Crippen molar-refractivity contribution in [3.63, 3.8) is 0 Å². The largest absolute Gasteiger partial charge is 0.494 e. The molecule has 3 heterocycles. The number of aryl methyl sites for hydroxylation is 1. The molecule has 2 aromatic heterocycles. The van der Waals surface area contributed by atoms with Crippen LogP contribution in [0.5, 0.6) is 5.75 Å². The standard InChI is InChI=1S/C26H22N2O4/c1-3-13-31-18-8-6-7-17(15-18)23-22-24(29)19-14-16(2)10-11-20(19)32-25(22)26(30)28(23)21-9-4-5-12-27-21/h4-12,14-15,23H,3,13H2,1-2H3/t23-/m1/s1. The topological polar surface area (TPSA) is 72.6 Å². The van der Waals surface area contributed by atoms with Crippen molar-refractivity contribution in [1.29, 1.82) is 0 Å². The summed E-state index contributed by atoms with van der Waals surface area (Å²) in [7, 11) is 0. The third-order valence-corrected chi connectivity index (χ3v) is 5.57. The molecule has 4 aromatic rings. The molecule has 160 valence electrons. The Morgan fingerprint density at radius 2 is 1.94 bits per heavy atom. The summed E-state index contributed by atoms with van der Waals surface area (Å²) in [5.41, 5.74) is 2.22. The van der Waals surface area contributed by atoms with E-state index in [0.29, 0.717) is 34.7 Å². The number of hydrogen-bond acceptors (Lipinski definition) is 5. The summed E-state index contributed by atoms with van der Waals surface area (Å²) in [4.78, 5) is 33.1. The first kappa shape index (κ1) is 20.0. The lowest BCUT2D eigenvalue weighted by atomic mass is 9.98. The number of aromatic nitrogens is 1. The van der Waals surface area contributed by atoms with Crippen molar-refractivity contribution < 1.29 is 13.9 Å². The first-order valence-electron chi connectivity index (χ1n) is 10.6. The zero-order valence-electron chi connectivity index (χ0n) is 17.9. The van der Waals surface area contributed by atoms with Crippen LogP contribution in [0.4, 0.5) is 5.82 Å². The molecule has 0 saturated carbocycles. The SMILES string of the molecule is CCCOc1cccc([C@@H]2c3c(oc4ccc(C)cc4c3=O)C(=O)N2c2ccccn2)c1. The number of carbonyl (C=O) groups is 1. The number of ether oxygens (including phenoxy) is 1. The molecule has 0 fully saturated rings. The van der Waals surface area contributed by atoms with Gasteiger partial charge in [0.05, 0.1) is 23.6 Å². The van der Waals surface area contributed by atoms with Gasteiger partial charge in [-0.1, -0.05) is 36.8 Å². The summed E-state index contributed by atoms with van der Waals surface area (Å²) in [6.45, 7) is 4.54. The van der Waals surface area contributed by atoms with Crippen molar-refractivity contribution in [2.24, 2.45) is 0 Å². The molecule has 0 spiro atoms. The minimum Gasteiger partial charge on any atom is -0.494 e. The van der Waals surface area contributed by atoms with Gasteiger partial charge in [-0.05, 0) is 55.3 Å². The molecular formula is C26H22N2O4. The van der Waals surface area contributed by atoms with Crippen LogP contribution in [-0.4, -0.2) is 17.5 Å². The fourth-order valence-electron chi connectivity index (χ4n) is 4.13. The molecule has 0 saturated heterocycles. The molecule has 1 aliphatic heterocycles. The van der Waals surface area contributed by atoms with E-state index in [0.717, 1.165) is 17.5 Å². The maximum atomic E-state index is 13.6. The van der Waals surface area contributed by atoms with Crippen molar-refractivity contribution in [1.82, 2.24) is 4.98 Å². The third-order valence-electron chi connectivity index (χ3n) is 5.57. The Balaban J connectivity index is 1.76. The van der Waals surface area contributed by atoms with Gasteiger partial charge in [0.2, 0.25) is 5.76 Å². The number of pyridine rings is 1. The van der Waals surface area contributed by atoms with Crippen LogP contribution < -0.4 is 15.1 Å². The average molecular weight is 426 g/mol. The third kappa shape index (κ3) is 3.24. The van der Waals surface area contributed by atoms with E-state index in [1.165, 1.54) is 4.90 Å². The second kappa shape index (κ2) is 7.96. The number of hydrogen-bond donors (Lipinski definition) is 0. The van der Waals surface area contributed by atoms with Crippen LogP contribution in [-0.2, 0) is 0 Å². The second-order valence-electron chi connectivity index (χ2n) is 7.86. The number of rotatable bonds is 5. The molecule has 0 N–H and O–H groups in total. The van der Waals surface area contributed by atoms with Crippen molar-refractivity contribution in [2.75, 3.05) is 11.5 Å². The van der Waals surface area contributed by atoms with E-state index in [4.69, 9.17) is 9.15 Å². The Morgan fingerprint density at radius 1 is 1.06 bits per heavy atom. The number of carbonyl (C=O) groups excluding carboxylic acids is 1. The van der Waals surface area contributed by atoms with Gasteiger partial charge in [-0.15, -0.1) is 0 Å². The predicted molar refractivity (Wildman–Crippen MR) is 122 cm³/mol. The summed E-state index contributed by atoms with van der Waals surface area (Å²) in [5, 5.41) is 0.461. The fourth-order valence-corrected chi connectivity index (χ4v) is 4.13. The lowest BCUT2D eigenvalue weighted by Gasteiger charge is -2.24. The van der Waals surface area contributed by atoms with Gasteiger partial charge in [-0.2, -0.15) is 0 Å². The fraction of sp³-hybridized carbons (Fsp3) is 0.192. The molecule has 0 aliphatic carbocycles. The van der Waals surface area contributed by atoms with Gasteiger partial charge in [0.25, 0.3) is 5.91 Å². The monoisotopic (exact) mass is 426 g/mol. The lowest BCUT2D eigenvalue weighted by Crippen LogP contribution is -2.30. The highest BCUT2D eigenvalue weighted by Gasteiger charge is 2.44. The normalized spacial score (nSPS) is 15.2. The molecule has 1 atom stereocenters. The van der Waals surface area contributed by atoms with Gasteiger partial charge in [-0.25, -0.2) is 4.98 Å². The molecular weight excluding hydrogens is 404 g/mol. The van der Waals surface area contributed by atoms with Crippen LogP contribution in [0, 0.1) is 6.92 Å².